The van der Waals surface area contributed by atoms with Crippen LogP contribution in [0.5, 0.6) is 5.75 Å². The molecule has 2 N–H and O–H groups in total. The van der Waals surface area contributed by atoms with Gasteiger partial charge in [0.2, 0.25) is 0 Å². The molecule has 3 nitrogen and oxygen atoms in total. The minimum Gasteiger partial charge on any atom is -0.508 e. The average molecular weight is 184 g/mol. The van der Waals surface area contributed by atoms with Gasteiger partial charge in [0.1, 0.15) is 5.75 Å². The zero-order valence-electron chi connectivity index (χ0n) is 11.9. The minimum atomic E-state index is -2.80. The number of rotatable bonds is 3. The second-order valence-electron chi connectivity index (χ2n) is 2.47. The molecule has 0 spiro atoms. The van der Waals surface area contributed by atoms with Crippen LogP contribution in [0, 0.1) is 0 Å². The standard InChI is InChI=1S/C10H13NO2/c1-8(11-13)2-3-9-4-6-10(12)7-5-9/h4-7,12-13H,2-3H2,1H3/b11-8+/i1D3,2D2. The van der Waals surface area contributed by atoms with Crippen molar-refractivity contribution in [2.75, 3.05) is 0 Å². The number of benzene rings is 1. The van der Waals surface area contributed by atoms with Crippen molar-refractivity contribution in [1.29, 1.82) is 0 Å². The van der Waals surface area contributed by atoms with E-state index in [1.807, 2.05) is 0 Å². The van der Waals surface area contributed by atoms with Gasteiger partial charge in [-0.3, -0.25) is 0 Å². The topological polar surface area (TPSA) is 52.8 Å². The molecule has 0 amide bonds. The Hall–Kier alpha value is -1.51. The number of phenolic OH excluding ortho intramolecular Hbond substituents is 1. The zero-order chi connectivity index (χ0) is 14.0. The molecule has 1 aromatic carbocycles. The molecule has 70 valence electrons. The van der Waals surface area contributed by atoms with Gasteiger partial charge in [-0.2, -0.15) is 0 Å². The van der Waals surface area contributed by atoms with Crippen molar-refractivity contribution in [3.63, 3.8) is 0 Å². The predicted molar refractivity (Wildman–Crippen MR) is 51.3 cm³/mol. The summed E-state index contributed by atoms with van der Waals surface area (Å²) < 4.78 is 36.7. The summed E-state index contributed by atoms with van der Waals surface area (Å²) in [5, 5.41) is 20.3. The fourth-order valence-electron chi connectivity index (χ4n) is 0.835. The van der Waals surface area contributed by atoms with Gasteiger partial charge in [0, 0.05) is 6.85 Å². The Kier molecular flexibility index (Phi) is 1.61. The SMILES string of the molecule is [2H]C([2H])([2H])/C(=N\O)C([2H])([2H])Cc1ccc(O)cc1. The number of hydrogen-bond acceptors (Lipinski definition) is 3. The van der Waals surface area contributed by atoms with Gasteiger partial charge < -0.3 is 10.3 Å². The molecule has 0 saturated heterocycles. The van der Waals surface area contributed by atoms with Crippen molar-refractivity contribution in [2.24, 2.45) is 5.16 Å². The molecule has 0 fully saturated rings. The molecule has 0 aliphatic carbocycles. The minimum absolute atomic E-state index is 0.0335. The lowest BCUT2D eigenvalue weighted by molar-refractivity contribution is 0.317. The Morgan fingerprint density at radius 1 is 1.54 bits per heavy atom. The highest BCUT2D eigenvalue weighted by Crippen LogP contribution is 2.11. The van der Waals surface area contributed by atoms with Crippen molar-refractivity contribution < 1.29 is 17.2 Å². The van der Waals surface area contributed by atoms with Crippen molar-refractivity contribution in [2.45, 2.75) is 19.6 Å². The van der Waals surface area contributed by atoms with Gasteiger partial charge in [0.15, 0.2) is 0 Å². The smallest absolute Gasteiger partial charge is 0.115 e. The Morgan fingerprint density at radius 2 is 2.23 bits per heavy atom. The van der Waals surface area contributed by atoms with Crippen molar-refractivity contribution in [1.82, 2.24) is 0 Å². The number of phenols is 1. The molecule has 0 unspecified atom stereocenters. The van der Waals surface area contributed by atoms with Crippen LogP contribution in [-0.2, 0) is 6.42 Å². The first-order valence-corrected chi connectivity index (χ1v) is 3.68. The van der Waals surface area contributed by atoms with E-state index in [4.69, 9.17) is 17.2 Å². The molecule has 0 saturated carbocycles. The van der Waals surface area contributed by atoms with Gasteiger partial charge in [-0.25, -0.2) is 0 Å². The van der Waals surface area contributed by atoms with Gasteiger partial charge >= 0.3 is 0 Å². The van der Waals surface area contributed by atoms with E-state index in [2.05, 4.69) is 5.16 Å². The summed E-state index contributed by atoms with van der Waals surface area (Å²) >= 11 is 0. The van der Waals surface area contributed by atoms with E-state index in [0.29, 0.717) is 5.56 Å². The summed E-state index contributed by atoms with van der Waals surface area (Å²) in [4.78, 5) is 0. The normalized spacial score (nSPS) is 19.4. The summed E-state index contributed by atoms with van der Waals surface area (Å²) in [6.45, 7) is -2.80. The summed E-state index contributed by atoms with van der Waals surface area (Å²) in [6.07, 6.45) is -2.55. The molecule has 1 rings (SSSR count). The summed E-state index contributed by atoms with van der Waals surface area (Å²) in [5.41, 5.74) is -0.397. The zero-order valence-corrected chi connectivity index (χ0v) is 6.86. The Labute approximate surface area is 84.4 Å². The summed E-state index contributed by atoms with van der Waals surface area (Å²) in [5.74, 6) is 0.0335. The molecular formula is C10H13NO2. The first-order valence-electron chi connectivity index (χ1n) is 6.18. The van der Waals surface area contributed by atoms with Crippen LogP contribution in [0.1, 0.15) is 25.6 Å². The molecule has 0 heterocycles. The van der Waals surface area contributed by atoms with E-state index >= 15 is 0 Å². The van der Waals surface area contributed by atoms with E-state index in [-0.39, 0.29) is 12.2 Å². The van der Waals surface area contributed by atoms with E-state index < -0.39 is 18.9 Å². The summed E-state index contributed by atoms with van der Waals surface area (Å²) in [7, 11) is 0. The van der Waals surface area contributed by atoms with E-state index in [1.165, 1.54) is 24.3 Å². The monoisotopic (exact) mass is 184 g/mol. The summed E-state index contributed by atoms with van der Waals surface area (Å²) in [6, 6.07) is 5.69. The number of nitrogens with zero attached hydrogens (tertiary/aromatic N) is 1. The van der Waals surface area contributed by atoms with Gasteiger partial charge in [0.05, 0.1) is 5.71 Å². The van der Waals surface area contributed by atoms with E-state index in [1.54, 1.807) is 0 Å². The molecule has 0 aromatic heterocycles. The maximum Gasteiger partial charge on any atom is 0.115 e. The quantitative estimate of drug-likeness (QED) is 0.429. The molecule has 0 radical (unpaired) electrons. The fourth-order valence-corrected chi connectivity index (χ4v) is 0.835. The van der Waals surface area contributed by atoms with Crippen molar-refractivity contribution in [3.8, 4) is 5.75 Å². The lowest BCUT2D eigenvalue weighted by atomic mass is 10.1. The van der Waals surface area contributed by atoms with Gasteiger partial charge in [-0.05, 0) is 37.3 Å². The number of aromatic hydroxyl groups is 1. The maximum absolute atomic E-state index is 9.09. The first-order chi connectivity index (χ1) is 8.16. The lowest BCUT2D eigenvalue weighted by Gasteiger charge is -1.99. The first kappa shape index (κ1) is 4.65. The molecule has 0 bridgehead atoms. The molecule has 1 aromatic rings. The number of oxime groups is 1. The molecule has 3 heteroatoms. The third kappa shape index (κ3) is 3.15. The second kappa shape index (κ2) is 4.50. The van der Waals surface area contributed by atoms with E-state index in [9.17, 15) is 0 Å². The van der Waals surface area contributed by atoms with Gasteiger partial charge in [0.25, 0.3) is 0 Å². The average Bonchev–Trinajstić information content (AvgIpc) is 2.19. The number of hydrogen-bond donors (Lipinski definition) is 2. The largest absolute Gasteiger partial charge is 0.508 e. The molecule has 0 aliphatic rings. The third-order valence-corrected chi connectivity index (χ3v) is 1.50. The number of aryl methyl sites for hydroxylation is 1. The van der Waals surface area contributed by atoms with Gasteiger partial charge in [-0.1, -0.05) is 17.3 Å². The highest BCUT2D eigenvalue weighted by atomic mass is 16.4. The highest BCUT2D eigenvalue weighted by molar-refractivity contribution is 5.81. The molecular weight excluding hydrogens is 166 g/mol. The second-order valence-corrected chi connectivity index (χ2v) is 2.47. The molecule has 0 atom stereocenters. The predicted octanol–water partition coefficient (Wildman–Crippen LogP) is 2.17. The third-order valence-electron chi connectivity index (χ3n) is 1.50. The molecule has 13 heavy (non-hydrogen) atoms. The maximum atomic E-state index is 9.09. The van der Waals surface area contributed by atoms with Crippen LogP contribution >= 0.6 is 0 Å². The molecule has 0 aliphatic heterocycles. The van der Waals surface area contributed by atoms with Crippen LogP contribution in [0.2, 0.25) is 0 Å². The van der Waals surface area contributed by atoms with Crippen LogP contribution in [0.25, 0.3) is 0 Å². The van der Waals surface area contributed by atoms with Crippen LogP contribution < -0.4 is 0 Å². The highest BCUT2D eigenvalue weighted by Gasteiger charge is 1.95. The van der Waals surface area contributed by atoms with Crippen LogP contribution in [0.3, 0.4) is 0 Å². The van der Waals surface area contributed by atoms with Crippen LogP contribution in [0.15, 0.2) is 29.4 Å². The van der Waals surface area contributed by atoms with Crippen LogP contribution in [-0.4, -0.2) is 16.0 Å². The Bertz CT molecular complexity index is 439. The van der Waals surface area contributed by atoms with Crippen molar-refractivity contribution >= 4 is 5.71 Å². The Balaban J connectivity index is 2.97. The fraction of sp³-hybridized carbons (Fsp3) is 0.300. The van der Waals surface area contributed by atoms with Gasteiger partial charge in [-0.15, -0.1) is 0 Å². The van der Waals surface area contributed by atoms with Crippen LogP contribution in [0.4, 0.5) is 0 Å². The Morgan fingerprint density at radius 3 is 2.77 bits per heavy atom. The van der Waals surface area contributed by atoms with Crippen molar-refractivity contribution in [3.05, 3.63) is 29.8 Å². The lowest BCUT2D eigenvalue weighted by Crippen LogP contribution is -1.94. The van der Waals surface area contributed by atoms with E-state index in [0.717, 1.165) is 0 Å².